The summed E-state index contributed by atoms with van der Waals surface area (Å²) in [5.41, 5.74) is 0. The van der Waals surface area contributed by atoms with E-state index < -0.39 is 6.10 Å². The lowest BCUT2D eigenvalue weighted by Crippen LogP contribution is -2.20. The van der Waals surface area contributed by atoms with Crippen LogP contribution in [0, 0.1) is 0 Å². The van der Waals surface area contributed by atoms with Gasteiger partial charge in [-0.25, -0.2) is 0 Å². The van der Waals surface area contributed by atoms with E-state index in [4.69, 9.17) is 21.8 Å². The van der Waals surface area contributed by atoms with Crippen molar-refractivity contribution in [2.75, 3.05) is 6.61 Å². The van der Waals surface area contributed by atoms with Crippen molar-refractivity contribution in [1.82, 2.24) is 0 Å². The molecular weight excluding hydrogens is 140 g/mol. The van der Waals surface area contributed by atoms with Gasteiger partial charge >= 0.3 is 0 Å². The second kappa shape index (κ2) is 5.03. The maximum atomic E-state index is 9.03. The molecule has 0 saturated carbocycles. The molecule has 0 rings (SSSR count). The third-order valence-electron chi connectivity index (χ3n) is 1.23. The minimum Gasteiger partial charge on any atom is -0.396 e. The number of hydrogen-bond acceptors (Lipinski definition) is 2. The van der Waals surface area contributed by atoms with Crippen LogP contribution >= 0.6 is 11.6 Å². The summed E-state index contributed by atoms with van der Waals surface area (Å²) in [6.07, 6.45) is 0.562. The van der Waals surface area contributed by atoms with Crippen molar-refractivity contribution in [3.8, 4) is 0 Å². The fourth-order valence-electron chi connectivity index (χ4n) is 0.585. The Hall–Kier alpha value is 0.210. The third-order valence-corrected chi connectivity index (χ3v) is 1.83. The Balaban J connectivity index is 3.32. The number of halogens is 1. The Bertz CT molecular complexity index is 68.1. The second-order valence-electron chi connectivity index (χ2n) is 2.00. The van der Waals surface area contributed by atoms with Crippen LogP contribution in [0.4, 0.5) is 0 Å². The molecule has 0 heterocycles. The average molecular weight is 153 g/mol. The van der Waals surface area contributed by atoms with Gasteiger partial charge in [0.1, 0.15) is 0 Å². The lowest BCUT2D eigenvalue weighted by atomic mass is 10.1. The van der Waals surface area contributed by atoms with Crippen molar-refractivity contribution in [3.05, 3.63) is 0 Å². The number of rotatable bonds is 4. The predicted molar refractivity (Wildman–Crippen MR) is 37.6 cm³/mol. The van der Waals surface area contributed by atoms with E-state index in [1.54, 1.807) is 0 Å². The molecule has 2 atom stereocenters. The van der Waals surface area contributed by atoms with E-state index in [1.165, 1.54) is 0 Å². The highest BCUT2D eigenvalue weighted by atomic mass is 35.5. The zero-order valence-corrected chi connectivity index (χ0v) is 6.30. The summed E-state index contributed by atoms with van der Waals surface area (Å²) in [5, 5.41) is 17.2. The van der Waals surface area contributed by atoms with Gasteiger partial charge in [0.15, 0.2) is 0 Å². The lowest BCUT2D eigenvalue weighted by molar-refractivity contribution is 0.127. The molecule has 0 aliphatic carbocycles. The molecule has 0 aliphatic rings. The summed E-state index contributed by atoms with van der Waals surface area (Å²) in [6.45, 7) is 1.91. The Kier molecular flexibility index (Phi) is 5.15. The van der Waals surface area contributed by atoms with E-state index >= 15 is 0 Å². The molecule has 0 bridgehead atoms. The fraction of sp³-hybridized carbons (Fsp3) is 1.00. The highest BCUT2D eigenvalue weighted by Gasteiger charge is 2.12. The fourth-order valence-corrected chi connectivity index (χ4v) is 0.711. The Morgan fingerprint density at radius 1 is 1.56 bits per heavy atom. The smallest absolute Gasteiger partial charge is 0.0725 e. The monoisotopic (exact) mass is 152 g/mol. The molecule has 0 spiro atoms. The van der Waals surface area contributed by atoms with Crippen molar-refractivity contribution in [1.29, 1.82) is 0 Å². The van der Waals surface area contributed by atoms with Crippen LogP contribution in [0.5, 0.6) is 0 Å². The Morgan fingerprint density at radius 3 is 2.44 bits per heavy atom. The van der Waals surface area contributed by atoms with Crippen molar-refractivity contribution < 1.29 is 10.2 Å². The minimum absolute atomic E-state index is 0.00435. The standard InChI is InChI=1S/C6H13ClO2/c1-2-5(7)6(9)3-4-8/h5-6,8-9H,2-4H2,1H3/t5-,6-/m1/s1. The maximum absolute atomic E-state index is 9.03. The zero-order valence-electron chi connectivity index (χ0n) is 5.55. The first-order valence-electron chi connectivity index (χ1n) is 3.15. The van der Waals surface area contributed by atoms with Crippen LogP contribution in [0.3, 0.4) is 0 Å². The van der Waals surface area contributed by atoms with E-state index in [2.05, 4.69) is 0 Å². The molecule has 0 aromatic carbocycles. The zero-order chi connectivity index (χ0) is 7.28. The molecule has 56 valence electrons. The quantitative estimate of drug-likeness (QED) is 0.584. The average Bonchev–Trinajstić information content (AvgIpc) is 1.87. The van der Waals surface area contributed by atoms with Crippen LogP contribution in [0.1, 0.15) is 19.8 Å². The highest BCUT2D eigenvalue weighted by Crippen LogP contribution is 2.09. The SMILES string of the molecule is CC[C@@H](Cl)[C@H](O)CCO. The van der Waals surface area contributed by atoms with Crippen molar-refractivity contribution in [2.24, 2.45) is 0 Å². The van der Waals surface area contributed by atoms with Gasteiger partial charge in [0.2, 0.25) is 0 Å². The maximum Gasteiger partial charge on any atom is 0.0725 e. The molecule has 0 aromatic rings. The molecule has 0 saturated heterocycles. The van der Waals surface area contributed by atoms with Crippen molar-refractivity contribution in [2.45, 2.75) is 31.2 Å². The van der Waals surface area contributed by atoms with E-state index in [0.717, 1.165) is 6.42 Å². The predicted octanol–water partition coefficient (Wildman–Crippen LogP) is 0.747. The number of hydrogen-bond donors (Lipinski definition) is 2. The van der Waals surface area contributed by atoms with E-state index in [9.17, 15) is 0 Å². The lowest BCUT2D eigenvalue weighted by Gasteiger charge is -2.12. The molecule has 0 amide bonds. The van der Waals surface area contributed by atoms with Gasteiger partial charge in [0.25, 0.3) is 0 Å². The number of alkyl halides is 1. The summed E-state index contributed by atoms with van der Waals surface area (Å²) in [5.74, 6) is 0. The van der Waals surface area contributed by atoms with Crippen LogP contribution in [-0.2, 0) is 0 Å². The van der Waals surface area contributed by atoms with Gasteiger partial charge in [-0.2, -0.15) is 0 Å². The first kappa shape index (κ1) is 9.21. The largest absolute Gasteiger partial charge is 0.396 e. The minimum atomic E-state index is -0.554. The molecule has 0 fully saturated rings. The molecule has 3 heteroatoms. The molecule has 9 heavy (non-hydrogen) atoms. The molecule has 0 aromatic heterocycles. The van der Waals surface area contributed by atoms with Gasteiger partial charge in [-0.3, -0.25) is 0 Å². The molecule has 0 radical (unpaired) electrons. The van der Waals surface area contributed by atoms with Crippen LogP contribution < -0.4 is 0 Å². The van der Waals surface area contributed by atoms with Gasteiger partial charge in [0.05, 0.1) is 11.5 Å². The van der Waals surface area contributed by atoms with Gasteiger partial charge in [-0.15, -0.1) is 11.6 Å². The summed E-state index contributed by atoms with van der Waals surface area (Å²) < 4.78 is 0. The molecule has 2 N–H and O–H groups in total. The van der Waals surface area contributed by atoms with Crippen LogP contribution in [-0.4, -0.2) is 28.3 Å². The first-order chi connectivity index (χ1) is 4.22. The highest BCUT2D eigenvalue weighted by molar-refractivity contribution is 6.20. The topological polar surface area (TPSA) is 40.5 Å². The molecule has 2 nitrogen and oxygen atoms in total. The third kappa shape index (κ3) is 3.73. The van der Waals surface area contributed by atoms with Crippen molar-refractivity contribution in [3.63, 3.8) is 0 Å². The van der Waals surface area contributed by atoms with E-state index in [1.807, 2.05) is 6.92 Å². The number of aliphatic hydroxyl groups is 2. The van der Waals surface area contributed by atoms with Crippen LogP contribution in [0.15, 0.2) is 0 Å². The van der Waals surface area contributed by atoms with Gasteiger partial charge in [-0.05, 0) is 12.8 Å². The van der Waals surface area contributed by atoms with E-state index in [-0.39, 0.29) is 12.0 Å². The Labute approximate surface area is 60.5 Å². The molecule has 0 unspecified atom stereocenters. The Morgan fingerprint density at radius 2 is 2.11 bits per heavy atom. The summed E-state index contributed by atoms with van der Waals surface area (Å²) in [4.78, 5) is 0. The summed E-state index contributed by atoms with van der Waals surface area (Å²) >= 11 is 5.63. The molecular formula is C6H13ClO2. The van der Waals surface area contributed by atoms with E-state index in [0.29, 0.717) is 6.42 Å². The molecule has 0 aliphatic heterocycles. The summed E-state index contributed by atoms with van der Waals surface area (Å²) in [6, 6.07) is 0. The summed E-state index contributed by atoms with van der Waals surface area (Å²) in [7, 11) is 0. The van der Waals surface area contributed by atoms with Gasteiger partial charge in [-0.1, -0.05) is 6.92 Å². The second-order valence-corrected chi connectivity index (χ2v) is 2.56. The normalized spacial score (nSPS) is 17.3. The first-order valence-corrected chi connectivity index (χ1v) is 3.59. The van der Waals surface area contributed by atoms with Crippen LogP contribution in [0.2, 0.25) is 0 Å². The van der Waals surface area contributed by atoms with Gasteiger partial charge < -0.3 is 10.2 Å². The van der Waals surface area contributed by atoms with Gasteiger partial charge in [0, 0.05) is 6.61 Å². The van der Waals surface area contributed by atoms with Crippen LogP contribution in [0.25, 0.3) is 0 Å². The number of aliphatic hydroxyl groups excluding tert-OH is 2. The van der Waals surface area contributed by atoms with Crippen molar-refractivity contribution >= 4 is 11.6 Å².